The molecule has 6 N–H and O–H groups in total. The molecule has 2 aliphatic heterocycles. The monoisotopic (exact) mass is 730 g/mol. The van der Waals surface area contributed by atoms with Crippen molar-refractivity contribution in [3.8, 4) is 0 Å². The Morgan fingerprint density at radius 1 is 0.686 bits per heavy atom. The van der Waals surface area contributed by atoms with Crippen molar-refractivity contribution in [2.24, 2.45) is 34.5 Å². The number of aliphatic carboxylic acids is 4. The van der Waals surface area contributed by atoms with Gasteiger partial charge in [0.15, 0.2) is 0 Å². The molecular weight excluding hydrogens is 664 g/mol. The van der Waals surface area contributed by atoms with E-state index in [4.69, 9.17) is 24.4 Å². The third-order valence-electron chi connectivity index (χ3n) is 11.6. The first-order chi connectivity index (χ1) is 24.0. The summed E-state index contributed by atoms with van der Waals surface area (Å²) >= 11 is 0. The summed E-state index contributed by atoms with van der Waals surface area (Å²) in [6.07, 6.45) is 9.46. The minimum atomic E-state index is -1.15. The molecule has 296 valence electrons. The van der Waals surface area contributed by atoms with Crippen LogP contribution in [0.4, 0.5) is 0 Å². The zero-order chi connectivity index (χ0) is 38.5. The van der Waals surface area contributed by atoms with Gasteiger partial charge in [-0.2, -0.15) is 0 Å². The van der Waals surface area contributed by atoms with E-state index in [9.17, 15) is 39.6 Å². The Bertz CT molecular complexity index is 1040. The molecule has 0 radical (unpaired) electrons. The van der Waals surface area contributed by atoms with Gasteiger partial charge in [-0.05, 0) is 77.0 Å². The maximum Gasteiger partial charge on any atom is 0.310 e. The molecule has 12 atom stereocenters. The quantitative estimate of drug-likeness (QED) is 0.0839. The number of hydrogen-bond acceptors (Lipinski definition) is 9. The molecule has 4 aliphatic rings. The largest absolute Gasteiger partial charge is 0.481 e. The van der Waals surface area contributed by atoms with Gasteiger partial charge in [-0.3, -0.25) is 19.2 Å². The van der Waals surface area contributed by atoms with Crippen LogP contribution in [-0.4, -0.2) is 104 Å². The van der Waals surface area contributed by atoms with Gasteiger partial charge in [0.25, 0.3) is 0 Å². The molecule has 13 nitrogen and oxygen atoms in total. The van der Waals surface area contributed by atoms with Gasteiger partial charge < -0.3 is 44.8 Å². The van der Waals surface area contributed by atoms with Crippen molar-refractivity contribution in [1.82, 2.24) is 0 Å². The summed E-state index contributed by atoms with van der Waals surface area (Å²) in [4.78, 5) is 46.9. The lowest BCUT2D eigenvalue weighted by atomic mass is 9.63. The molecule has 2 saturated carbocycles. The SMILES string of the molecule is CC(O)COC(C)CO.CCCC(CC)CCC1(C(=O)O)CC2OC2CC1C(=O)O.CCCC(CC)CCC1(C(=O)O)CC2OC2CC1C(=O)O. The van der Waals surface area contributed by atoms with Crippen molar-refractivity contribution in [2.75, 3.05) is 13.2 Å². The molecule has 0 bridgehead atoms. The van der Waals surface area contributed by atoms with Crippen molar-refractivity contribution in [3.05, 3.63) is 0 Å². The Balaban J connectivity index is 0.000000287. The molecular formula is C38H66O13. The van der Waals surface area contributed by atoms with E-state index in [1.807, 2.05) is 0 Å². The molecule has 2 heterocycles. The zero-order valence-corrected chi connectivity index (χ0v) is 31.6. The summed E-state index contributed by atoms with van der Waals surface area (Å²) in [5.74, 6) is -4.58. The number of aliphatic hydroxyl groups excluding tert-OH is 2. The summed E-state index contributed by atoms with van der Waals surface area (Å²) in [7, 11) is 0. The van der Waals surface area contributed by atoms with E-state index in [1.165, 1.54) is 0 Å². The second kappa shape index (κ2) is 20.8. The Kier molecular flexibility index (Phi) is 18.3. The van der Waals surface area contributed by atoms with E-state index in [-0.39, 0.29) is 37.1 Å². The van der Waals surface area contributed by atoms with Crippen LogP contribution in [0.5, 0.6) is 0 Å². The number of hydrogen-bond donors (Lipinski definition) is 6. The molecule has 0 aromatic rings. The van der Waals surface area contributed by atoms with Gasteiger partial charge in [0.2, 0.25) is 0 Å². The predicted molar refractivity (Wildman–Crippen MR) is 188 cm³/mol. The van der Waals surface area contributed by atoms with Crippen molar-refractivity contribution in [2.45, 2.75) is 168 Å². The summed E-state index contributed by atoms with van der Waals surface area (Å²) in [5, 5.41) is 55.5. The minimum Gasteiger partial charge on any atom is -0.481 e. The van der Waals surface area contributed by atoms with Gasteiger partial charge in [-0.15, -0.1) is 0 Å². The standard InChI is InChI=1S/2C16H26O5.C6H14O3/c2*1-3-5-10(4-2)6-7-16(15(19)20)9-13-12(21-13)8-11(16)14(17)18;1-5(8)4-9-6(2)3-7/h2*10-13H,3-9H2,1-2H3,(H,17,18)(H,19,20);5-8H,3-4H2,1-2H3. The second-order valence-electron chi connectivity index (χ2n) is 15.4. The number of carboxylic acid groups (broad SMARTS) is 4. The Morgan fingerprint density at radius 2 is 1.08 bits per heavy atom. The second-order valence-corrected chi connectivity index (χ2v) is 15.4. The first kappa shape index (κ1) is 44.8. The van der Waals surface area contributed by atoms with Crippen LogP contribution >= 0.6 is 0 Å². The third-order valence-corrected chi connectivity index (χ3v) is 11.6. The smallest absolute Gasteiger partial charge is 0.310 e. The van der Waals surface area contributed by atoms with Crippen LogP contribution in [0.25, 0.3) is 0 Å². The van der Waals surface area contributed by atoms with Crippen LogP contribution in [-0.2, 0) is 33.4 Å². The molecule has 2 aliphatic carbocycles. The highest BCUT2D eigenvalue weighted by molar-refractivity contribution is 5.85. The lowest BCUT2D eigenvalue weighted by molar-refractivity contribution is -0.166. The summed E-state index contributed by atoms with van der Waals surface area (Å²) in [6, 6.07) is 0. The van der Waals surface area contributed by atoms with E-state index < -0.39 is 52.6 Å². The van der Waals surface area contributed by atoms with Crippen LogP contribution in [0.15, 0.2) is 0 Å². The summed E-state index contributed by atoms with van der Waals surface area (Å²) in [6.45, 7) is 12.2. The normalized spacial score (nSPS) is 32.5. The zero-order valence-electron chi connectivity index (χ0n) is 31.6. The molecule has 0 spiro atoms. The number of carboxylic acids is 4. The molecule has 51 heavy (non-hydrogen) atoms. The summed E-state index contributed by atoms with van der Waals surface area (Å²) < 4.78 is 15.8. The van der Waals surface area contributed by atoms with Crippen molar-refractivity contribution < 1.29 is 64.0 Å². The number of fused-ring (bicyclic) bond motifs is 2. The predicted octanol–water partition coefficient (Wildman–Crippen LogP) is 5.62. The Labute approximate surface area is 303 Å². The number of aliphatic hydroxyl groups is 2. The lowest BCUT2D eigenvalue weighted by Crippen LogP contribution is -2.47. The fourth-order valence-corrected chi connectivity index (χ4v) is 8.17. The Morgan fingerprint density at radius 3 is 1.35 bits per heavy atom. The van der Waals surface area contributed by atoms with E-state index in [1.54, 1.807) is 13.8 Å². The molecule has 4 rings (SSSR count). The van der Waals surface area contributed by atoms with Gasteiger partial charge in [-0.1, -0.05) is 66.2 Å². The molecule has 12 unspecified atom stereocenters. The first-order valence-corrected chi connectivity index (χ1v) is 19.2. The van der Waals surface area contributed by atoms with Crippen molar-refractivity contribution >= 4 is 23.9 Å². The van der Waals surface area contributed by atoms with Crippen LogP contribution in [0.3, 0.4) is 0 Å². The van der Waals surface area contributed by atoms with Gasteiger partial charge >= 0.3 is 23.9 Å². The van der Waals surface area contributed by atoms with E-state index in [2.05, 4.69) is 27.7 Å². The highest BCUT2D eigenvalue weighted by Gasteiger charge is 2.62. The number of rotatable bonds is 20. The van der Waals surface area contributed by atoms with Crippen LogP contribution in [0.1, 0.15) is 131 Å². The van der Waals surface area contributed by atoms with Gasteiger partial charge in [0.05, 0.1) is 72.5 Å². The number of epoxide rings is 2. The Hall–Kier alpha value is -2.32. The highest BCUT2D eigenvalue weighted by atomic mass is 16.6. The maximum absolute atomic E-state index is 11.9. The van der Waals surface area contributed by atoms with Crippen LogP contribution < -0.4 is 0 Å². The van der Waals surface area contributed by atoms with Gasteiger partial charge in [-0.25, -0.2) is 0 Å². The molecule has 4 fully saturated rings. The topological polar surface area (TPSA) is 224 Å². The average molecular weight is 731 g/mol. The van der Waals surface area contributed by atoms with Crippen LogP contribution in [0, 0.1) is 34.5 Å². The lowest BCUT2D eigenvalue weighted by Gasteiger charge is -2.37. The molecule has 0 aromatic heterocycles. The fraction of sp³-hybridized carbons (Fsp3) is 0.895. The van der Waals surface area contributed by atoms with E-state index in [0.29, 0.717) is 57.0 Å². The number of ether oxygens (including phenoxy) is 3. The highest BCUT2D eigenvalue weighted by Crippen LogP contribution is 2.54. The summed E-state index contributed by atoms with van der Waals surface area (Å²) in [5.41, 5.74) is -2.30. The molecule has 2 saturated heterocycles. The average Bonchev–Trinajstić information content (AvgIpc) is 4.02. The minimum absolute atomic E-state index is 0.00667. The van der Waals surface area contributed by atoms with Crippen molar-refractivity contribution in [1.29, 1.82) is 0 Å². The molecule has 13 heteroatoms. The van der Waals surface area contributed by atoms with Crippen LogP contribution in [0.2, 0.25) is 0 Å². The van der Waals surface area contributed by atoms with E-state index in [0.717, 1.165) is 51.4 Å². The van der Waals surface area contributed by atoms with Crippen molar-refractivity contribution in [3.63, 3.8) is 0 Å². The number of carbonyl (C=O) groups is 4. The van der Waals surface area contributed by atoms with Gasteiger partial charge in [0.1, 0.15) is 0 Å². The third kappa shape index (κ3) is 12.7. The van der Waals surface area contributed by atoms with Gasteiger partial charge in [0, 0.05) is 0 Å². The first-order valence-electron chi connectivity index (χ1n) is 19.2. The maximum atomic E-state index is 11.9. The molecule has 0 aromatic carbocycles. The molecule has 0 amide bonds. The fourth-order valence-electron chi connectivity index (χ4n) is 8.17. The van der Waals surface area contributed by atoms with E-state index >= 15 is 0 Å².